The lowest BCUT2D eigenvalue weighted by molar-refractivity contribution is 0.312. The summed E-state index contributed by atoms with van der Waals surface area (Å²) in [6, 6.07) is 13.6. The van der Waals surface area contributed by atoms with E-state index in [-0.39, 0.29) is 0 Å². The molecule has 0 bridgehead atoms. The van der Waals surface area contributed by atoms with E-state index in [0.717, 1.165) is 25.2 Å². The molecule has 2 aromatic rings. The highest BCUT2D eigenvalue weighted by Gasteiger charge is 2.28. The summed E-state index contributed by atoms with van der Waals surface area (Å²) >= 11 is 1.97. The van der Waals surface area contributed by atoms with Crippen LogP contribution in [0.2, 0.25) is 0 Å². The van der Waals surface area contributed by atoms with Crippen molar-refractivity contribution >= 4 is 11.8 Å². The number of rotatable bonds is 1. The van der Waals surface area contributed by atoms with E-state index < -0.39 is 0 Å². The number of benzene rings is 2. The van der Waals surface area contributed by atoms with Crippen LogP contribution in [0.3, 0.4) is 0 Å². The zero-order valence-electron chi connectivity index (χ0n) is 13.1. The molecule has 2 aliphatic heterocycles. The van der Waals surface area contributed by atoms with Gasteiger partial charge in [0.1, 0.15) is 5.75 Å². The van der Waals surface area contributed by atoms with Crippen LogP contribution in [0.25, 0.3) is 0 Å². The predicted molar refractivity (Wildman–Crippen MR) is 93.0 cm³/mol. The van der Waals surface area contributed by atoms with Gasteiger partial charge in [0, 0.05) is 22.1 Å². The zero-order chi connectivity index (χ0) is 14.9. The van der Waals surface area contributed by atoms with Crippen LogP contribution in [-0.4, -0.2) is 6.61 Å². The van der Waals surface area contributed by atoms with Gasteiger partial charge < -0.3 is 4.74 Å². The van der Waals surface area contributed by atoms with Crippen LogP contribution in [0.4, 0.5) is 0 Å². The lowest BCUT2D eigenvalue weighted by Crippen LogP contribution is -2.08. The van der Waals surface area contributed by atoms with E-state index in [4.69, 9.17) is 4.74 Å². The summed E-state index contributed by atoms with van der Waals surface area (Å²) in [7, 11) is 0. The standard InChI is InChI=1S/C20H22OS/c1-2-16-17-8-3-4-9-18(17)22-13-15-11-10-14-7-5-6-12-21-20(14)19(15)16/h3-4,8-11,16H,2,5-7,12-13H2,1H3. The third-order valence-electron chi connectivity index (χ3n) is 4.89. The summed E-state index contributed by atoms with van der Waals surface area (Å²) in [6.45, 7) is 3.17. The highest BCUT2D eigenvalue weighted by molar-refractivity contribution is 7.98. The summed E-state index contributed by atoms with van der Waals surface area (Å²) in [5.41, 5.74) is 5.84. The Labute approximate surface area is 137 Å². The Hall–Kier alpha value is -1.41. The average molecular weight is 310 g/mol. The van der Waals surface area contributed by atoms with Crippen molar-refractivity contribution in [2.45, 2.75) is 49.2 Å². The predicted octanol–water partition coefficient (Wildman–Crippen LogP) is 5.55. The average Bonchev–Trinajstić information content (AvgIpc) is 2.88. The molecular weight excluding hydrogens is 288 g/mol. The molecule has 2 aliphatic rings. The summed E-state index contributed by atoms with van der Waals surface area (Å²) in [4.78, 5) is 1.44. The molecule has 0 spiro atoms. The van der Waals surface area contributed by atoms with Crippen molar-refractivity contribution < 1.29 is 4.74 Å². The lowest BCUT2D eigenvalue weighted by Gasteiger charge is -2.23. The quantitative estimate of drug-likeness (QED) is 0.683. The minimum absolute atomic E-state index is 0.467. The maximum atomic E-state index is 6.24. The van der Waals surface area contributed by atoms with Gasteiger partial charge in [0.05, 0.1) is 6.61 Å². The smallest absolute Gasteiger partial charge is 0.126 e. The summed E-state index contributed by atoms with van der Waals surface area (Å²) in [5, 5.41) is 0. The number of ether oxygens (including phenoxy) is 1. The molecule has 4 rings (SSSR count). The SMILES string of the molecule is CCC1c2ccccc2SCc2ccc3c(c21)OCCCC3. The molecule has 114 valence electrons. The van der Waals surface area contributed by atoms with E-state index >= 15 is 0 Å². The number of hydrogen-bond acceptors (Lipinski definition) is 2. The van der Waals surface area contributed by atoms with Crippen molar-refractivity contribution in [3.63, 3.8) is 0 Å². The highest BCUT2D eigenvalue weighted by Crippen LogP contribution is 2.47. The lowest BCUT2D eigenvalue weighted by atomic mass is 9.84. The summed E-state index contributed by atoms with van der Waals surface area (Å²) in [5.74, 6) is 2.73. The van der Waals surface area contributed by atoms with Crippen molar-refractivity contribution in [3.05, 3.63) is 58.7 Å². The van der Waals surface area contributed by atoms with Crippen LogP contribution < -0.4 is 4.74 Å². The number of aryl methyl sites for hydroxylation is 1. The van der Waals surface area contributed by atoms with E-state index in [1.165, 1.54) is 45.7 Å². The molecule has 0 fully saturated rings. The molecule has 0 aromatic heterocycles. The maximum absolute atomic E-state index is 6.24. The highest BCUT2D eigenvalue weighted by atomic mass is 32.2. The third-order valence-corrected chi connectivity index (χ3v) is 6.03. The van der Waals surface area contributed by atoms with E-state index in [1.54, 1.807) is 0 Å². The minimum Gasteiger partial charge on any atom is -0.493 e. The molecule has 0 amide bonds. The van der Waals surface area contributed by atoms with Crippen LogP contribution in [-0.2, 0) is 12.2 Å². The molecule has 0 saturated heterocycles. The molecular formula is C20H22OS. The Kier molecular flexibility index (Phi) is 3.87. The molecule has 1 atom stereocenters. The van der Waals surface area contributed by atoms with Crippen LogP contribution in [0, 0.1) is 0 Å². The first-order valence-corrected chi connectivity index (χ1v) is 9.36. The summed E-state index contributed by atoms with van der Waals surface area (Å²) in [6.07, 6.45) is 4.71. The fourth-order valence-corrected chi connectivity index (χ4v) is 4.90. The third kappa shape index (κ3) is 2.34. The second-order valence-electron chi connectivity index (χ2n) is 6.22. The Morgan fingerprint density at radius 1 is 1.09 bits per heavy atom. The van der Waals surface area contributed by atoms with Crippen LogP contribution in [0.5, 0.6) is 5.75 Å². The second-order valence-corrected chi connectivity index (χ2v) is 7.24. The van der Waals surface area contributed by atoms with Gasteiger partial charge in [-0.2, -0.15) is 0 Å². The van der Waals surface area contributed by atoms with E-state index in [0.29, 0.717) is 5.92 Å². The van der Waals surface area contributed by atoms with E-state index in [2.05, 4.69) is 43.3 Å². The maximum Gasteiger partial charge on any atom is 0.126 e. The van der Waals surface area contributed by atoms with Crippen LogP contribution in [0.15, 0.2) is 41.3 Å². The molecule has 1 unspecified atom stereocenters. The molecule has 2 heteroatoms. The van der Waals surface area contributed by atoms with Gasteiger partial charge in [0.2, 0.25) is 0 Å². The monoisotopic (exact) mass is 310 g/mol. The van der Waals surface area contributed by atoms with Crippen molar-refractivity contribution in [3.8, 4) is 5.75 Å². The molecule has 22 heavy (non-hydrogen) atoms. The first kappa shape index (κ1) is 14.2. The van der Waals surface area contributed by atoms with Gasteiger partial charge in [0.15, 0.2) is 0 Å². The van der Waals surface area contributed by atoms with Crippen molar-refractivity contribution in [1.29, 1.82) is 0 Å². The van der Waals surface area contributed by atoms with Crippen molar-refractivity contribution in [2.24, 2.45) is 0 Å². The second kappa shape index (κ2) is 6.00. The minimum atomic E-state index is 0.467. The van der Waals surface area contributed by atoms with Crippen molar-refractivity contribution in [1.82, 2.24) is 0 Å². The van der Waals surface area contributed by atoms with Gasteiger partial charge in [-0.3, -0.25) is 0 Å². The normalized spacial score (nSPS) is 20.0. The Balaban J connectivity index is 1.92. The van der Waals surface area contributed by atoms with Gasteiger partial charge in [-0.25, -0.2) is 0 Å². The van der Waals surface area contributed by atoms with Crippen LogP contribution in [0.1, 0.15) is 54.4 Å². The molecule has 0 N–H and O–H groups in total. The largest absolute Gasteiger partial charge is 0.493 e. The number of hydrogen-bond donors (Lipinski definition) is 0. The van der Waals surface area contributed by atoms with Crippen LogP contribution >= 0.6 is 11.8 Å². The molecule has 0 aliphatic carbocycles. The Bertz CT molecular complexity index is 692. The summed E-state index contributed by atoms with van der Waals surface area (Å²) < 4.78 is 6.24. The van der Waals surface area contributed by atoms with Gasteiger partial charge >= 0.3 is 0 Å². The number of thioether (sulfide) groups is 1. The zero-order valence-corrected chi connectivity index (χ0v) is 13.9. The Morgan fingerprint density at radius 2 is 1.95 bits per heavy atom. The van der Waals surface area contributed by atoms with E-state index in [1.807, 2.05) is 11.8 Å². The molecule has 2 aromatic carbocycles. The topological polar surface area (TPSA) is 9.23 Å². The first-order valence-electron chi connectivity index (χ1n) is 8.37. The fourth-order valence-electron chi connectivity index (χ4n) is 3.79. The molecule has 0 saturated carbocycles. The van der Waals surface area contributed by atoms with Crippen molar-refractivity contribution in [2.75, 3.05) is 6.61 Å². The van der Waals surface area contributed by atoms with Gasteiger partial charge in [0.25, 0.3) is 0 Å². The molecule has 2 heterocycles. The van der Waals surface area contributed by atoms with Gasteiger partial charge in [-0.15, -0.1) is 11.8 Å². The Morgan fingerprint density at radius 3 is 2.86 bits per heavy atom. The van der Waals surface area contributed by atoms with E-state index in [9.17, 15) is 0 Å². The molecule has 1 nitrogen and oxygen atoms in total. The first-order chi connectivity index (χ1) is 10.9. The number of fused-ring (bicyclic) bond motifs is 4. The fraction of sp³-hybridized carbons (Fsp3) is 0.400. The molecule has 0 radical (unpaired) electrons. The van der Waals surface area contributed by atoms with Gasteiger partial charge in [-0.05, 0) is 48.4 Å². The van der Waals surface area contributed by atoms with Gasteiger partial charge in [-0.1, -0.05) is 37.3 Å².